The zero-order chi connectivity index (χ0) is 24.3. The molecule has 0 saturated heterocycles. The SMILES string of the molecule is C/C1=C\CC[C@]2(C)Oc3c(C=O)c(O)c(C=O)c(O)c3[C@@H](CC(C)C)[C@H]2[C@H]2[C@@H](CC1)C2(C)C. The Morgan fingerprint density at radius 1 is 1.09 bits per heavy atom. The zero-order valence-corrected chi connectivity index (χ0v) is 20.8. The van der Waals surface area contributed by atoms with Crippen molar-refractivity contribution in [3.05, 3.63) is 28.3 Å². The lowest BCUT2D eigenvalue weighted by Gasteiger charge is -2.49. The van der Waals surface area contributed by atoms with Crippen molar-refractivity contribution < 1.29 is 24.5 Å². The Hall–Kier alpha value is -2.30. The Morgan fingerprint density at radius 3 is 2.36 bits per heavy atom. The van der Waals surface area contributed by atoms with E-state index in [1.165, 1.54) is 5.57 Å². The second-order valence-electron chi connectivity index (χ2n) is 11.8. The second-order valence-corrected chi connectivity index (χ2v) is 11.8. The monoisotopic (exact) mass is 454 g/mol. The van der Waals surface area contributed by atoms with Gasteiger partial charge < -0.3 is 14.9 Å². The largest absolute Gasteiger partial charge is 0.507 e. The van der Waals surface area contributed by atoms with Crippen LogP contribution < -0.4 is 4.74 Å². The van der Waals surface area contributed by atoms with Gasteiger partial charge in [-0.25, -0.2) is 0 Å². The van der Waals surface area contributed by atoms with Gasteiger partial charge >= 0.3 is 0 Å². The summed E-state index contributed by atoms with van der Waals surface area (Å²) in [5, 5.41) is 21.8. The number of fused-ring (bicyclic) bond motifs is 4. The molecule has 0 aromatic heterocycles. The van der Waals surface area contributed by atoms with Crippen LogP contribution in [-0.4, -0.2) is 28.4 Å². The smallest absolute Gasteiger partial charge is 0.157 e. The lowest BCUT2D eigenvalue weighted by Crippen LogP contribution is -2.49. The molecule has 180 valence electrons. The number of phenols is 2. The van der Waals surface area contributed by atoms with Gasteiger partial charge in [0.15, 0.2) is 12.6 Å². The molecular formula is C28H38O5. The number of aromatic hydroxyl groups is 2. The highest BCUT2D eigenvalue weighted by Crippen LogP contribution is 2.71. The molecule has 1 saturated carbocycles. The first-order valence-electron chi connectivity index (χ1n) is 12.3. The third kappa shape index (κ3) is 3.68. The van der Waals surface area contributed by atoms with Crippen LogP contribution in [0.5, 0.6) is 17.2 Å². The summed E-state index contributed by atoms with van der Waals surface area (Å²) >= 11 is 0. The van der Waals surface area contributed by atoms with Crippen molar-refractivity contribution >= 4 is 12.6 Å². The number of hydrogen-bond acceptors (Lipinski definition) is 5. The molecule has 1 heterocycles. The topological polar surface area (TPSA) is 83.8 Å². The Balaban J connectivity index is 1.98. The maximum atomic E-state index is 12.1. The first-order valence-corrected chi connectivity index (χ1v) is 12.3. The van der Waals surface area contributed by atoms with Crippen LogP contribution in [0, 0.1) is 29.1 Å². The van der Waals surface area contributed by atoms with E-state index in [0.29, 0.717) is 35.9 Å². The van der Waals surface area contributed by atoms with Crippen molar-refractivity contribution in [2.24, 2.45) is 29.1 Å². The number of phenolic OH excluding ortho intramolecular Hbond substituents is 2. The molecule has 0 bridgehead atoms. The highest BCUT2D eigenvalue weighted by molar-refractivity contribution is 5.95. The van der Waals surface area contributed by atoms with E-state index in [0.717, 1.165) is 32.1 Å². The van der Waals surface area contributed by atoms with Crippen LogP contribution in [0.3, 0.4) is 0 Å². The van der Waals surface area contributed by atoms with Crippen molar-refractivity contribution in [1.29, 1.82) is 0 Å². The molecule has 3 aliphatic rings. The number of allylic oxidation sites excluding steroid dienone is 2. The number of ether oxygens (including phenoxy) is 1. The van der Waals surface area contributed by atoms with Crippen LogP contribution in [0.15, 0.2) is 11.6 Å². The van der Waals surface area contributed by atoms with Crippen molar-refractivity contribution in [3.63, 3.8) is 0 Å². The maximum Gasteiger partial charge on any atom is 0.157 e. The molecule has 0 radical (unpaired) electrons. The Bertz CT molecular complexity index is 1000. The molecule has 5 nitrogen and oxygen atoms in total. The van der Waals surface area contributed by atoms with Gasteiger partial charge in [-0.1, -0.05) is 39.3 Å². The number of aldehydes is 2. The fraction of sp³-hybridized carbons (Fsp3) is 0.643. The lowest BCUT2D eigenvalue weighted by molar-refractivity contribution is -0.0348. The summed E-state index contributed by atoms with van der Waals surface area (Å²) in [4.78, 5) is 23.9. The quantitative estimate of drug-likeness (QED) is 0.405. The summed E-state index contributed by atoms with van der Waals surface area (Å²) in [6.45, 7) is 13.3. The van der Waals surface area contributed by atoms with Crippen LogP contribution in [0.25, 0.3) is 0 Å². The second kappa shape index (κ2) is 8.18. The minimum Gasteiger partial charge on any atom is -0.507 e. The number of carbonyl (C=O) groups is 2. The van der Waals surface area contributed by atoms with E-state index in [9.17, 15) is 19.8 Å². The maximum absolute atomic E-state index is 12.1. The standard InChI is InChI=1S/C28H38O5/c1-15(2)12-17-21-25(32)18(13-29)24(31)19(14-30)26(21)33-28(6)11-7-8-16(3)9-10-20-23(22(17)28)27(20,4)5/h8,13-15,17,20,22-23,31-32H,7,9-12H2,1-6H3/b16-8+/t17-,20-,22+,23-,28+/m1/s1. The molecule has 33 heavy (non-hydrogen) atoms. The molecule has 1 aromatic rings. The summed E-state index contributed by atoms with van der Waals surface area (Å²) in [6, 6.07) is 0. The molecule has 0 unspecified atom stereocenters. The Kier molecular flexibility index (Phi) is 5.91. The molecule has 5 heteroatoms. The van der Waals surface area contributed by atoms with E-state index in [1.807, 2.05) is 0 Å². The molecular weight excluding hydrogens is 416 g/mol. The predicted molar refractivity (Wildman–Crippen MR) is 128 cm³/mol. The summed E-state index contributed by atoms with van der Waals surface area (Å²) < 4.78 is 6.68. The van der Waals surface area contributed by atoms with Gasteiger partial charge in [-0.15, -0.1) is 0 Å². The van der Waals surface area contributed by atoms with Gasteiger partial charge in [0, 0.05) is 11.5 Å². The Labute approximate surface area is 197 Å². The number of benzene rings is 1. The van der Waals surface area contributed by atoms with Gasteiger partial charge in [-0.2, -0.15) is 0 Å². The number of rotatable bonds is 4. The van der Waals surface area contributed by atoms with Gasteiger partial charge in [0.25, 0.3) is 0 Å². The fourth-order valence-corrected chi connectivity index (χ4v) is 7.11. The van der Waals surface area contributed by atoms with Crippen molar-refractivity contribution in [3.8, 4) is 17.2 Å². The average molecular weight is 455 g/mol. The fourth-order valence-electron chi connectivity index (χ4n) is 7.11. The summed E-state index contributed by atoms with van der Waals surface area (Å²) in [7, 11) is 0. The molecule has 2 aliphatic carbocycles. The summed E-state index contributed by atoms with van der Waals surface area (Å²) in [6.07, 6.45) is 7.99. The molecule has 2 N–H and O–H groups in total. The van der Waals surface area contributed by atoms with E-state index in [4.69, 9.17) is 4.74 Å². The van der Waals surface area contributed by atoms with Gasteiger partial charge in [0.1, 0.15) is 22.8 Å². The van der Waals surface area contributed by atoms with Gasteiger partial charge in [0.05, 0.1) is 11.1 Å². The Morgan fingerprint density at radius 2 is 1.76 bits per heavy atom. The van der Waals surface area contributed by atoms with Gasteiger partial charge in [-0.3, -0.25) is 9.59 Å². The van der Waals surface area contributed by atoms with E-state index >= 15 is 0 Å². The normalized spacial score (nSPS) is 34.1. The van der Waals surface area contributed by atoms with Crippen molar-refractivity contribution in [2.75, 3.05) is 0 Å². The van der Waals surface area contributed by atoms with Crippen LogP contribution in [0.4, 0.5) is 0 Å². The number of hydrogen-bond donors (Lipinski definition) is 2. The number of carbonyl (C=O) groups excluding carboxylic acids is 2. The van der Waals surface area contributed by atoms with Crippen LogP contribution in [0.2, 0.25) is 0 Å². The van der Waals surface area contributed by atoms with Gasteiger partial charge in [0.2, 0.25) is 0 Å². The van der Waals surface area contributed by atoms with Crippen molar-refractivity contribution in [2.45, 2.75) is 85.2 Å². The first-order chi connectivity index (χ1) is 15.5. The van der Waals surface area contributed by atoms with Gasteiger partial charge in [-0.05, 0) is 75.0 Å². The van der Waals surface area contributed by atoms with E-state index in [2.05, 4.69) is 47.6 Å². The van der Waals surface area contributed by atoms with Crippen LogP contribution in [0.1, 0.15) is 106 Å². The van der Waals surface area contributed by atoms with E-state index < -0.39 is 11.4 Å². The molecule has 1 fully saturated rings. The first kappa shape index (κ1) is 23.8. The van der Waals surface area contributed by atoms with Crippen molar-refractivity contribution in [1.82, 2.24) is 0 Å². The zero-order valence-electron chi connectivity index (χ0n) is 20.8. The minimum absolute atomic E-state index is 0.0336. The third-order valence-corrected chi connectivity index (χ3v) is 8.82. The predicted octanol–water partition coefficient (Wildman–Crippen LogP) is 6.41. The minimum atomic E-state index is -0.559. The molecule has 0 amide bonds. The van der Waals surface area contributed by atoms with Crippen LogP contribution in [-0.2, 0) is 0 Å². The summed E-state index contributed by atoms with van der Waals surface area (Å²) in [5.74, 6) is 0.888. The highest BCUT2D eigenvalue weighted by atomic mass is 16.5. The average Bonchev–Trinajstić information content (AvgIpc) is 3.25. The lowest BCUT2D eigenvalue weighted by atomic mass is 9.64. The van der Waals surface area contributed by atoms with Crippen LogP contribution >= 0.6 is 0 Å². The summed E-state index contributed by atoms with van der Waals surface area (Å²) in [5.41, 5.74) is 1.28. The van der Waals surface area contributed by atoms with E-state index in [1.54, 1.807) is 0 Å². The molecule has 5 atom stereocenters. The van der Waals surface area contributed by atoms with E-state index in [-0.39, 0.29) is 39.9 Å². The highest BCUT2D eigenvalue weighted by Gasteiger charge is 2.66. The molecule has 1 aromatic carbocycles. The molecule has 4 rings (SSSR count). The molecule has 1 aliphatic heterocycles. The molecule has 0 spiro atoms. The third-order valence-electron chi connectivity index (χ3n) is 8.82.